The first-order valence-electron chi connectivity index (χ1n) is 2.68. The average Bonchev–Trinajstić information content (AvgIpc) is 1.88. The van der Waals surface area contributed by atoms with Crippen LogP contribution in [0, 0.1) is 6.92 Å². The second kappa shape index (κ2) is 2.47. The van der Waals surface area contributed by atoms with Crippen molar-refractivity contribution in [3.8, 4) is 0 Å². The number of carbonyl (C=O) groups excluding carboxylic acids is 1. The zero-order chi connectivity index (χ0) is 7.56. The van der Waals surface area contributed by atoms with Crippen LogP contribution < -0.4 is 5.56 Å². The van der Waals surface area contributed by atoms with Crippen LogP contribution in [0.3, 0.4) is 0 Å². The SMILES string of the molecule is [CH]C(=O)c1cc[nH]c(=O)c1. The highest BCUT2D eigenvalue weighted by molar-refractivity contribution is 5.99. The lowest BCUT2D eigenvalue weighted by Gasteiger charge is -1.89. The smallest absolute Gasteiger partial charge is 0.248 e. The van der Waals surface area contributed by atoms with Crippen LogP contribution in [0.2, 0.25) is 0 Å². The Morgan fingerprint density at radius 1 is 1.60 bits per heavy atom. The van der Waals surface area contributed by atoms with E-state index in [2.05, 4.69) is 4.98 Å². The summed E-state index contributed by atoms with van der Waals surface area (Å²) in [5.74, 6) is -0.592. The molecule has 1 aromatic rings. The maximum absolute atomic E-state index is 10.5. The van der Waals surface area contributed by atoms with Crippen molar-refractivity contribution in [3.63, 3.8) is 0 Å². The van der Waals surface area contributed by atoms with E-state index >= 15 is 0 Å². The lowest BCUT2D eigenvalue weighted by atomic mass is 10.2. The molecule has 3 heteroatoms. The quantitative estimate of drug-likeness (QED) is 0.562. The lowest BCUT2D eigenvalue weighted by Crippen LogP contribution is -2.06. The second-order valence-corrected chi connectivity index (χ2v) is 1.81. The van der Waals surface area contributed by atoms with Crippen molar-refractivity contribution in [1.29, 1.82) is 0 Å². The number of aromatic amines is 1. The fraction of sp³-hybridized carbons (Fsp3) is 0. The molecule has 0 unspecified atom stereocenters. The third-order valence-electron chi connectivity index (χ3n) is 1.06. The molecule has 3 nitrogen and oxygen atoms in total. The van der Waals surface area contributed by atoms with Crippen LogP contribution in [-0.4, -0.2) is 10.8 Å². The second-order valence-electron chi connectivity index (χ2n) is 1.81. The summed E-state index contributed by atoms with van der Waals surface area (Å²) in [6, 6.07) is 2.60. The fourth-order valence-corrected chi connectivity index (χ4v) is 0.598. The van der Waals surface area contributed by atoms with Gasteiger partial charge in [0.25, 0.3) is 0 Å². The van der Waals surface area contributed by atoms with Gasteiger partial charge in [0.2, 0.25) is 5.56 Å². The van der Waals surface area contributed by atoms with Gasteiger partial charge < -0.3 is 4.98 Å². The van der Waals surface area contributed by atoms with Crippen LogP contribution in [-0.2, 0) is 0 Å². The standard InChI is InChI=1S/C7H5NO2/c1-5(9)6-2-3-8-7(10)4-6/h1-4H,(H,8,10). The third kappa shape index (κ3) is 1.31. The summed E-state index contributed by atoms with van der Waals surface area (Å²) in [6.07, 6.45) is 1.38. The molecule has 0 bridgehead atoms. The van der Waals surface area contributed by atoms with Crippen LogP contribution in [0.25, 0.3) is 0 Å². The van der Waals surface area contributed by atoms with E-state index < -0.39 is 5.78 Å². The molecule has 0 saturated heterocycles. The molecule has 0 aromatic carbocycles. The van der Waals surface area contributed by atoms with E-state index in [4.69, 9.17) is 6.92 Å². The number of hydrogen-bond acceptors (Lipinski definition) is 2. The monoisotopic (exact) mass is 135 g/mol. The molecule has 0 aliphatic rings. The minimum Gasteiger partial charge on any atom is -0.329 e. The van der Waals surface area contributed by atoms with Gasteiger partial charge in [0.05, 0.1) is 0 Å². The van der Waals surface area contributed by atoms with Crippen molar-refractivity contribution in [2.24, 2.45) is 0 Å². The van der Waals surface area contributed by atoms with Crippen LogP contribution >= 0.6 is 0 Å². The number of rotatable bonds is 1. The highest BCUT2D eigenvalue weighted by Crippen LogP contribution is 1.91. The summed E-state index contributed by atoms with van der Waals surface area (Å²) in [5, 5.41) is 0. The number of Topliss-reactive ketones (excluding diaryl/α,β-unsaturated/α-hetero) is 1. The van der Waals surface area contributed by atoms with Crippen LogP contribution in [0.1, 0.15) is 10.4 Å². The lowest BCUT2D eigenvalue weighted by molar-refractivity contribution is 0.104. The molecule has 50 valence electrons. The van der Waals surface area contributed by atoms with Gasteiger partial charge in [-0.3, -0.25) is 9.59 Å². The minimum atomic E-state index is -0.592. The Labute approximate surface area is 57.7 Å². The summed E-state index contributed by atoms with van der Waals surface area (Å²) < 4.78 is 0. The van der Waals surface area contributed by atoms with Gasteiger partial charge in [-0.2, -0.15) is 0 Å². The van der Waals surface area contributed by atoms with Gasteiger partial charge in [0.1, 0.15) is 0 Å². The maximum atomic E-state index is 10.5. The molecule has 0 aliphatic heterocycles. The summed E-state index contributed by atoms with van der Waals surface area (Å²) in [5.41, 5.74) is -0.0972. The summed E-state index contributed by atoms with van der Waals surface area (Å²) >= 11 is 0. The zero-order valence-electron chi connectivity index (χ0n) is 5.13. The first-order chi connectivity index (χ1) is 4.70. The minimum absolute atomic E-state index is 0.226. The first kappa shape index (κ1) is 6.74. The average molecular weight is 135 g/mol. The van der Waals surface area contributed by atoms with Crippen molar-refractivity contribution in [2.75, 3.05) is 0 Å². The Kier molecular flexibility index (Phi) is 1.67. The molecule has 0 aliphatic carbocycles. The number of H-pyrrole nitrogens is 1. The number of aromatic nitrogens is 1. The van der Waals surface area contributed by atoms with Crippen molar-refractivity contribution >= 4 is 5.78 Å². The van der Waals surface area contributed by atoms with Gasteiger partial charge in [-0.05, 0) is 6.07 Å². The van der Waals surface area contributed by atoms with Gasteiger partial charge in [-0.25, -0.2) is 0 Å². The molecule has 1 heterocycles. The molecule has 2 radical (unpaired) electrons. The van der Waals surface area contributed by atoms with Gasteiger partial charge in [-0.1, -0.05) is 0 Å². The number of nitrogens with one attached hydrogen (secondary N) is 1. The Morgan fingerprint density at radius 3 is 2.70 bits per heavy atom. The van der Waals surface area contributed by atoms with Crippen LogP contribution in [0.4, 0.5) is 0 Å². The molecule has 0 spiro atoms. The van der Waals surface area contributed by atoms with E-state index in [-0.39, 0.29) is 11.1 Å². The third-order valence-corrected chi connectivity index (χ3v) is 1.06. The van der Waals surface area contributed by atoms with Gasteiger partial charge in [0.15, 0.2) is 5.78 Å². The van der Waals surface area contributed by atoms with Gasteiger partial charge >= 0.3 is 0 Å². The molecule has 0 saturated carbocycles. The van der Waals surface area contributed by atoms with E-state index in [1.807, 2.05) is 0 Å². The summed E-state index contributed by atoms with van der Waals surface area (Å²) in [4.78, 5) is 23.3. The van der Waals surface area contributed by atoms with Gasteiger partial charge in [-0.15, -0.1) is 0 Å². The molecule has 1 aromatic heterocycles. The number of ketones is 1. The zero-order valence-corrected chi connectivity index (χ0v) is 5.13. The normalized spacial score (nSPS) is 9.30. The molecule has 1 N–H and O–H groups in total. The molecule has 0 atom stereocenters. The molecule has 0 fully saturated rings. The number of carbonyl (C=O) groups is 1. The highest BCUT2D eigenvalue weighted by Gasteiger charge is 1.96. The van der Waals surface area contributed by atoms with Crippen molar-refractivity contribution in [2.45, 2.75) is 0 Å². The summed E-state index contributed by atoms with van der Waals surface area (Å²) in [7, 11) is 0. The van der Waals surface area contributed by atoms with Crippen molar-refractivity contribution < 1.29 is 4.79 Å². The molecule has 0 amide bonds. The van der Waals surface area contributed by atoms with Crippen LogP contribution in [0.15, 0.2) is 23.1 Å². The Hall–Kier alpha value is -1.38. The van der Waals surface area contributed by atoms with E-state index in [1.165, 1.54) is 12.3 Å². The number of hydrogen-bond donors (Lipinski definition) is 1. The summed E-state index contributed by atoms with van der Waals surface area (Å²) in [6.45, 7) is 4.89. The molecule has 10 heavy (non-hydrogen) atoms. The van der Waals surface area contributed by atoms with Crippen LogP contribution in [0.5, 0.6) is 0 Å². The first-order valence-corrected chi connectivity index (χ1v) is 2.68. The Morgan fingerprint density at radius 2 is 2.30 bits per heavy atom. The topological polar surface area (TPSA) is 49.9 Å². The highest BCUT2D eigenvalue weighted by atomic mass is 16.1. The molecule has 1 rings (SSSR count). The number of pyridine rings is 1. The van der Waals surface area contributed by atoms with E-state index in [0.29, 0.717) is 0 Å². The fourth-order valence-electron chi connectivity index (χ4n) is 0.598. The largest absolute Gasteiger partial charge is 0.329 e. The molecular weight excluding hydrogens is 130 g/mol. The van der Waals surface area contributed by atoms with E-state index in [9.17, 15) is 9.59 Å². The molecular formula is C7H5NO2. The predicted octanol–water partition coefficient (Wildman–Crippen LogP) is 0.269. The van der Waals surface area contributed by atoms with E-state index in [0.717, 1.165) is 6.07 Å². The van der Waals surface area contributed by atoms with Crippen molar-refractivity contribution in [3.05, 3.63) is 41.2 Å². The van der Waals surface area contributed by atoms with Crippen molar-refractivity contribution in [1.82, 2.24) is 4.98 Å². The van der Waals surface area contributed by atoms with Gasteiger partial charge in [0, 0.05) is 24.8 Å². The Bertz CT molecular complexity index is 300. The maximum Gasteiger partial charge on any atom is 0.248 e. The predicted molar refractivity (Wildman–Crippen MR) is 35.7 cm³/mol. The Balaban J connectivity index is 3.20. The van der Waals surface area contributed by atoms with E-state index in [1.54, 1.807) is 0 Å².